The molecule has 0 heterocycles. The van der Waals surface area contributed by atoms with Gasteiger partial charge < -0.3 is 9.31 Å². The first-order valence-electron chi connectivity index (χ1n) is 11.1. The molecule has 0 fully saturated rings. The zero-order chi connectivity index (χ0) is 30.2. The monoisotopic (exact) mass is 604 g/mol. The minimum atomic E-state index is -4.89. The summed E-state index contributed by atoms with van der Waals surface area (Å²) in [6, 6.07) is 3.09. The lowest BCUT2D eigenvalue weighted by molar-refractivity contribution is -0.138. The lowest BCUT2D eigenvalue weighted by atomic mass is 10.1. The van der Waals surface area contributed by atoms with E-state index in [1.807, 2.05) is 0 Å². The number of nitrogens with one attached hydrogen (secondary N) is 2. The highest BCUT2D eigenvalue weighted by Gasteiger charge is 2.35. The van der Waals surface area contributed by atoms with Crippen LogP contribution in [0.4, 0.5) is 26.3 Å². The van der Waals surface area contributed by atoms with E-state index >= 15 is 0 Å². The van der Waals surface area contributed by atoms with E-state index in [1.165, 1.54) is 41.5 Å². The van der Waals surface area contributed by atoms with Crippen molar-refractivity contribution in [3.05, 3.63) is 47.5 Å². The second kappa shape index (κ2) is 10.8. The molecule has 218 valence electrons. The minimum absolute atomic E-state index is 0.380. The van der Waals surface area contributed by atoms with Gasteiger partial charge in [0.1, 0.15) is 21.3 Å². The van der Waals surface area contributed by atoms with Gasteiger partial charge in [0.25, 0.3) is 0 Å². The summed E-state index contributed by atoms with van der Waals surface area (Å²) in [5.74, 6) is -1.66. The fourth-order valence-electron chi connectivity index (χ4n) is 3.11. The molecule has 0 spiro atoms. The molecule has 0 aliphatic heterocycles. The minimum Gasteiger partial charge on any atom is -0.527 e. The number of hydrogen-bond donors (Lipinski definition) is 2. The maximum atomic E-state index is 13.3. The van der Waals surface area contributed by atoms with Crippen molar-refractivity contribution < 1.29 is 52.5 Å². The van der Waals surface area contributed by atoms with Crippen molar-refractivity contribution in [3.63, 3.8) is 0 Å². The summed E-state index contributed by atoms with van der Waals surface area (Å²) >= 11 is 0. The zero-order valence-corrected chi connectivity index (χ0v) is 23.3. The van der Waals surface area contributed by atoms with Crippen LogP contribution >= 0.6 is 0 Å². The van der Waals surface area contributed by atoms with Gasteiger partial charge in [-0.1, -0.05) is 0 Å². The van der Waals surface area contributed by atoms with E-state index in [0.29, 0.717) is 36.4 Å². The summed E-state index contributed by atoms with van der Waals surface area (Å²) in [5.41, 5.74) is -4.61. The molecule has 0 saturated carbocycles. The molecule has 0 atom stereocenters. The van der Waals surface area contributed by atoms with E-state index in [4.69, 9.17) is 9.31 Å². The Kier molecular flexibility index (Phi) is 9.08. The lowest BCUT2D eigenvalue weighted by Gasteiger charge is -2.23. The molecule has 0 amide bonds. The smallest absolute Gasteiger partial charge is 0.527 e. The molecule has 2 aromatic carbocycles. The predicted octanol–water partition coefficient (Wildman–Crippen LogP) is 4.60. The Bertz CT molecular complexity index is 1310. The summed E-state index contributed by atoms with van der Waals surface area (Å²) in [6.45, 7) is 8.91. The standard InChI is InChI=1S/C22H27BF6N2O6S2/c1-19(2,3)30-38(32,33)17-9-7-13(21(24,25)26)11-15(17)36-23-37-16-12-14(22(27,28)29)8-10-18(16)39(34,35)31-20(4,5)6/h7-12,23,30-31H,1-6H3. The molecule has 0 aliphatic carbocycles. The summed E-state index contributed by atoms with van der Waals surface area (Å²) in [4.78, 5) is -1.42. The van der Waals surface area contributed by atoms with Crippen molar-refractivity contribution in [2.75, 3.05) is 0 Å². The molecule has 39 heavy (non-hydrogen) atoms. The summed E-state index contributed by atoms with van der Waals surface area (Å²) in [7, 11) is -10.0. The largest absolute Gasteiger partial charge is 0.576 e. The Balaban J connectivity index is 2.53. The second-order valence-corrected chi connectivity index (χ2v) is 13.7. The van der Waals surface area contributed by atoms with Crippen molar-refractivity contribution >= 4 is 27.7 Å². The first-order valence-corrected chi connectivity index (χ1v) is 14.0. The SMILES string of the molecule is CC(C)(C)NS(=O)(=O)c1ccc(C(F)(F)F)cc1OBOc1cc(C(F)(F)F)ccc1S(=O)(=O)NC(C)(C)C. The van der Waals surface area contributed by atoms with Gasteiger partial charge >= 0.3 is 20.0 Å². The fraction of sp³-hybridized carbons (Fsp3) is 0.455. The van der Waals surface area contributed by atoms with E-state index in [-0.39, 0.29) is 0 Å². The van der Waals surface area contributed by atoms with Crippen LogP contribution in [0.5, 0.6) is 11.5 Å². The third-order valence-corrected chi connectivity index (χ3v) is 8.03. The van der Waals surface area contributed by atoms with Gasteiger partial charge in [-0.05, 0) is 77.9 Å². The van der Waals surface area contributed by atoms with Gasteiger partial charge in [0.05, 0.1) is 11.1 Å². The van der Waals surface area contributed by atoms with Crippen LogP contribution in [-0.4, -0.2) is 35.6 Å². The molecule has 0 aromatic heterocycles. The molecular weight excluding hydrogens is 577 g/mol. The topological polar surface area (TPSA) is 111 Å². The molecule has 2 aromatic rings. The van der Waals surface area contributed by atoms with Gasteiger partial charge in [0.15, 0.2) is 0 Å². The molecule has 0 radical (unpaired) electrons. The van der Waals surface area contributed by atoms with Crippen LogP contribution in [0.15, 0.2) is 46.2 Å². The van der Waals surface area contributed by atoms with Gasteiger partial charge in [-0.3, -0.25) is 0 Å². The highest BCUT2D eigenvalue weighted by Crippen LogP contribution is 2.37. The molecule has 0 bridgehead atoms. The van der Waals surface area contributed by atoms with Crippen LogP contribution in [0, 0.1) is 0 Å². The van der Waals surface area contributed by atoms with Crippen LogP contribution in [0.3, 0.4) is 0 Å². The summed E-state index contributed by atoms with van der Waals surface area (Å²) in [6.07, 6.45) is -9.78. The Morgan fingerprint density at radius 3 is 1.18 bits per heavy atom. The Labute approximate surface area is 223 Å². The number of halogens is 6. The molecule has 0 aliphatic rings. The number of alkyl halides is 6. The molecular formula is C22H27BF6N2O6S2. The van der Waals surface area contributed by atoms with Gasteiger partial charge in [0.2, 0.25) is 20.0 Å². The van der Waals surface area contributed by atoms with Crippen LogP contribution in [0.25, 0.3) is 0 Å². The lowest BCUT2D eigenvalue weighted by Crippen LogP contribution is -2.40. The van der Waals surface area contributed by atoms with Crippen molar-refractivity contribution in [2.45, 2.75) is 74.8 Å². The highest BCUT2D eigenvalue weighted by molar-refractivity contribution is 7.90. The third kappa shape index (κ3) is 9.29. The first-order chi connectivity index (χ1) is 17.3. The van der Waals surface area contributed by atoms with E-state index in [0.717, 1.165) is 0 Å². The molecule has 2 rings (SSSR count). The Morgan fingerprint density at radius 2 is 0.923 bits per heavy atom. The van der Waals surface area contributed by atoms with Crippen molar-refractivity contribution in [2.24, 2.45) is 0 Å². The molecule has 0 saturated heterocycles. The van der Waals surface area contributed by atoms with Gasteiger partial charge in [-0.25, -0.2) is 26.3 Å². The predicted molar refractivity (Wildman–Crippen MR) is 131 cm³/mol. The molecule has 0 unspecified atom stereocenters. The molecule has 17 heteroatoms. The fourth-order valence-corrected chi connectivity index (χ4v) is 6.20. The average Bonchev–Trinajstić information content (AvgIpc) is 2.68. The van der Waals surface area contributed by atoms with E-state index < -0.39 is 83.6 Å². The number of benzene rings is 2. The van der Waals surface area contributed by atoms with Crippen molar-refractivity contribution in [1.82, 2.24) is 9.44 Å². The van der Waals surface area contributed by atoms with Crippen LogP contribution in [0.2, 0.25) is 0 Å². The Morgan fingerprint density at radius 1 is 0.615 bits per heavy atom. The van der Waals surface area contributed by atoms with Crippen molar-refractivity contribution in [3.8, 4) is 11.5 Å². The maximum absolute atomic E-state index is 13.3. The van der Waals surface area contributed by atoms with Crippen LogP contribution in [0.1, 0.15) is 52.7 Å². The number of sulfonamides is 2. The summed E-state index contributed by atoms with van der Waals surface area (Å²) < 4.78 is 146. The van der Waals surface area contributed by atoms with E-state index in [1.54, 1.807) is 0 Å². The quantitative estimate of drug-likeness (QED) is 0.337. The third-order valence-electron chi connectivity index (χ3n) is 4.43. The van der Waals surface area contributed by atoms with Gasteiger partial charge in [0, 0.05) is 11.1 Å². The van der Waals surface area contributed by atoms with Gasteiger partial charge in [-0.15, -0.1) is 0 Å². The molecule has 8 nitrogen and oxygen atoms in total. The summed E-state index contributed by atoms with van der Waals surface area (Å²) in [5, 5.41) is 0. The zero-order valence-electron chi connectivity index (χ0n) is 21.7. The Hall–Kier alpha value is -2.50. The number of hydrogen-bond acceptors (Lipinski definition) is 6. The number of rotatable bonds is 8. The second-order valence-electron chi connectivity index (χ2n) is 10.4. The molecule has 2 N–H and O–H groups in total. The first kappa shape index (κ1) is 32.7. The maximum Gasteiger partial charge on any atom is 0.576 e. The van der Waals surface area contributed by atoms with E-state index in [2.05, 4.69) is 9.44 Å². The van der Waals surface area contributed by atoms with Crippen LogP contribution in [-0.2, 0) is 32.4 Å². The highest BCUT2D eigenvalue weighted by atomic mass is 32.2. The van der Waals surface area contributed by atoms with Crippen LogP contribution < -0.4 is 18.8 Å². The van der Waals surface area contributed by atoms with Crippen molar-refractivity contribution in [1.29, 1.82) is 0 Å². The van der Waals surface area contributed by atoms with E-state index in [9.17, 15) is 43.2 Å². The van der Waals surface area contributed by atoms with Gasteiger partial charge in [-0.2, -0.15) is 26.3 Å². The average molecular weight is 604 g/mol. The normalized spacial score (nSPS) is 13.7.